The lowest BCUT2D eigenvalue weighted by atomic mass is 10.1. The highest BCUT2D eigenvalue weighted by Gasteiger charge is 2.22. The standard InChI is InChI=1S/C22H25N5O3/c1-3-4-14-27-21(24-2)18(20(23)28)19(26-27)15-10-12-16(13-11-15)25-22(29)30-17-8-6-5-7-9-17/h5-13,24H,3-4,14H2,1-2H3,(H2,23,28)(H,25,29). The number of primary amides is 1. The van der Waals surface area contributed by atoms with Gasteiger partial charge in [0.25, 0.3) is 5.91 Å². The Morgan fingerprint density at radius 1 is 1.10 bits per heavy atom. The van der Waals surface area contributed by atoms with Crippen molar-refractivity contribution in [1.82, 2.24) is 9.78 Å². The maximum absolute atomic E-state index is 12.1. The smallest absolute Gasteiger partial charge is 0.410 e. The van der Waals surface area contributed by atoms with Crippen molar-refractivity contribution in [3.8, 4) is 17.0 Å². The van der Waals surface area contributed by atoms with Crippen molar-refractivity contribution in [3.63, 3.8) is 0 Å². The first-order valence-corrected chi connectivity index (χ1v) is 9.76. The summed E-state index contributed by atoms with van der Waals surface area (Å²) in [5.41, 5.74) is 7.76. The summed E-state index contributed by atoms with van der Waals surface area (Å²) in [5, 5.41) is 10.3. The van der Waals surface area contributed by atoms with Crippen LogP contribution < -0.4 is 21.1 Å². The Labute approximate surface area is 175 Å². The van der Waals surface area contributed by atoms with Crippen LogP contribution in [-0.4, -0.2) is 28.8 Å². The van der Waals surface area contributed by atoms with Gasteiger partial charge in [-0.05, 0) is 30.7 Å². The number of anilines is 2. The number of para-hydroxylation sites is 1. The van der Waals surface area contributed by atoms with Crippen LogP contribution in [0, 0.1) is 0 Å². The number of nitrogens with zero attached hydrogens (tertiary/aromatic N) is 2. The minimum Gasteiger partial charge on any atom is -0.410 e. The topological polar surface area (TPSA) is 111 Å². The van der Waals surface area contributed by atoms with Crippen LogP contribution in [0.2, 0.25) is 0 Å². The summed E-state index contributed by atoms with van der Waals surface area (Å²) in [6.45, 7) is 2.77. The van der Waals surface area contributed by atoms with Crippen molar-refractivity contribution < 1.29 is 14.3 Å². The molecule has 0 spiro atoms. The molecule has 8 heteroatoms. The lowest BCUT2D eigenvalue weighted by Crippen LogP contribution is -2.16. The molecule has 0 unspecified atom stereocenters. The second-order valence-corrected chi connectivity index (χ2v) is 6.67. The molecule has 30 heavy (non-hydrogen) atoms. The van der Waals surface area contributed by atoms with E-state index in [-0.39, 0.29) is 0 Å². The summed E-state index contributed by atoms with van der Waals surface area (Å²) in [7, 11) is 1.74. The van der Waals surface area contributed by atoms with Crippen LogP contribution in [0.3, 0.4) is 0 Å². The molecular weight excluding hydrogens is 382 g/mol. The Morgan fingerprint density at radius 3 is 2.40 bits per heavy atom. The van der Waals surface area contributed by atoms with E-state index in [1.807, 2.05) is 6.07 Å². The number of ether oxygens (including phenoxy) is 1. The summed E-state index contributed by atoms with van der Waals surface area (Å²) in [6, 6.07) is 15.8. The number of carbonyl (C=O) groups excluding carboxylic acids is 2. The van der Waals surface area contributed by atoms with Gasteiger partial charge in [-0.25, -0.2) is 9.48 Å². The number of unbranched alkanes of at least 4 members (excludes halogenated alkanes) is 1. The molecule has 0 aliphatic heterocycles. The van der Waals surface area contributed by atoms with Crippen molar-refractivity contribution in [2.75, 3.05) is 17.7 Å². The molecule has 0 bridgehead atoms. The van der Waals surface area contributed by atoms with Crippen molar-refractivity contribution in [2.24, 2.45) is 5.73 Å². The van der Waals surface area contributed by atoms with E-state index in [2.05, 4.69) is 22.7 Å². The van der Waals surface area contributed by atoms with Gasteiger partial charge in [0.15, 0.2) is 0 Å². The zero-order valence-corrected chi connectivity index (χ0v) is 17.0. The minimum atomic E-state index is -0.590. The molecule has 156 valence electrons. The third-order valence-corrected chi connectivity index (χ3v) is 4.52. The average molecular weight is 407 g/mol. The Morgan fingerprint density at radius 2 is 1.80 bits per heavy atom. The molecule has 0 saturated heterocycles. The largest absolute Gasteiger partial charge is 0.417 e. The zero-order valence-electron chi connectivity index (χ0n) is 17.0. The molecule has 3 rings (SSSR count). The Hall–Kier alpha value is -3.81. The molecule has 0 aliphatic carbocycles. The van der Waals surface area contributed by atoms with Crippen LogP contribution in [0.1, 0.15) is 30.1 Å². The van der Waals surface area contributed by atoms with E-state index >= 15 is 0 Å². The quantitative estimate of drug-likeness (QED) is 0.520. The SMILES string of the molecule is CCCCn1nc(-c2ccc(NC(=O)Oc3ccccc3)cc2)c(C(N)=O)c1NC. The monoisotopic (exact) mass is 407 g/mol. The fourth-order valence-electron chi connectivity index (χ4n) is 3.07. The molecule has 3 aromatic rings. The van der Waals surface area contributed by atoms with Crippen LogP contribution in [0.25, 0.3) is 11.3 Å². The van der Waals surface area contributed by atoms with Crippen LogP contribution in [0.15, 0.2) is 54.6 Å². The summed E-state index contributed by atoms with van der Waals surface area (Å²) < 4.78 is 6.99. The first-order valence-electron chi connectivity index (χ1n) is 9.76. The molecule has 0 saturated carbocycles. The van der Waals surface area contributed by atoms with Crippen LogP contribution in [0.4, 0.5) is 16.3 Å². The number of aryl methyl sites for hydroxylation is 1. The van der Waals surface area contributed by atoms with Crippen LogP contribution in [-0.2, 0) is 6.54 Å². The third-order valence-electron chi connectivity index (χ3n) is 4.52. The number of nitrogens with two attached hydrogens (primary N) is 1. The summed E-state index contributed by atoms with van der Waals surface area (Å²) in [5.74, 6) is 0.500. The van der Waals surface area contributed by atoms with Gasteiger partial charge >= 0.3 is 6.09 Å². The number of aromatic nitrogens is 2. The van der Waals surface area contributed by atoms with E-state index < -0.39 is 12.0 Å². The Bertz CT molecular complexity index is 1010. The molecule has 4 N–H and O–H groups in total. The van der Waals surface area contributed by atoms with Crippen molar-refractivity contribution in [3.05, 3.63) is 60.2 Å². The summed E-state index contributed by atoms with van der Waals surface area (Å²) >= 11 is 0. The molecule has 0 atom stereocenters. The van der Waals surface area contributed by atoms with Gasteiger partial charge in [-0.3, -0.25) is 10.1 Å². The van der Waals surface area contributed by atoms with Gasteiger partial charge in [0.1, 0.15) is 22.8 Å². The first kappa shape index (κ1) is 20.9. The molecular formula is C22H25N5O3. The van der Waals surface area contributed by atoms with E-state index in [0.717, 1.165) is 18.4 Å². The van der Waals surface area contributed by atoms with E-state index in [1.54, 1.807) is 60.3 Å². The minimum absolute atomic E-state index is 0.345. The second kappa shape index (κ2) is 9.60. The van der Waals surface area contributed by atoms with Gasteiger partial charge in [-0.1, -0.05) is 43.7 Å². The molecule has 2 amide bonds. The molecule has 1 aromatic heterocycles. The lowest BCUT2D eigenvalue weighted by Gasteiger charge is -2.07. The number of hydrogen-bond acceptors (Lipinski definition) is 5. The molecule has 0 fully saturated rings. The van der Waals surface area contributed by atoms with Crippen molar-refractivity contribution in [2.45, 2.75) is 26.3 Å². The highest BCUT2D eigenvalue weighted by molar-refractivity contribution is 6.03. The van der Waals surface area contributed by atoms with Crippen LogP contribution >= 0.6 is 0 Å². The maximum Gasteiger partial charge on any atom is 0.417 e. The predicted octanol–water partition coefficient (Wildman–Crippen LogP) is 4.10. The highest BCUT2D eigenvalue weighted by atomic mass is 16.6. The highest BCUT2D eigenvalue weighted by Crippen LogP contribution is 2.29. The maximum atomic E-state index is 12.1. The first-order chi connectivity index (χ1) is 14.5. The lowest BCUT2D eigenvalue weighted by molar-refractivity contribution is 0.100. The van der Waals surface area contributed by atoms with Crippen molar-refractivity contribution >= 4 is 23.5 Å². The van der Waals surface area contributed by atoms with Gasteiger partial charge < -0.3 is 15.8 Å². The van der Waals surface area contributed by atoms with Gasteiger partial charge in [0.2, 0.25) is 0 Å². The molecule has 0 radical (unpaired) electrons. The number of amides is 2. The molecule has 0 aliphatic rings. The Balaban J connectivity index is 1.80. The van der Waals surface area contributed by atoms with Crippen LogP contribution in [0.5, 0.6) is 5.75 Å². The summed E-state index contributed by atoms with van der Waals surface area (Å²) in [6.07, 6.45) is 1.34. The van der Waals surface area contributed by atoms with E-state index in [0.29, 0.717) is 35.1 Å². The second-order valence-electron chi connectivity index (χ2n) is 6.67. The number of hydrogen-bond donors (Lipinski definition) is 3. The van der Waals surface area contributed by atoms with E-state index in [4.69, 9.17) is 10.5 Å². The number of rotatable bonds is 8. The van der Waals surface area contributed by atoms with E-state index in [1.165, 1.54) is 0 Å². The molecule has 1 heterocycles. The molecule has 2 aromatic carbocycles. The van der Waals surface area contributed by atoms with Gasteiger partial charge in [0.05, 0.1) is 0 Å². The Kier molecular flexibility index (Phi) is 6.69. The number of benzene rings is 2. The fourth-order valence-corrected chi connectivity index (χ4v) is 3.07. The van der Waals surface area contributed by atoms with Gasteiger partial charge in [0, 0.05) is 24.8 Å². The number of carbonyl (C=O) groups is 2. The predicted molar refractivity (Wildman–Crippen MR) is 117 cm³/mol. The number of nitrogens with one attached hydrogen (secondary N) is 2. The molecule has 8 nitrogen and oxygen atoms in total. The third kappa shape index (κ3) is 4.78. The summed E-state index contributed by atoms with van der Waals surface area (Å²) in [4.78, 5) is 24.2. The van der Waals surface area contributed by atoms with Gasteiger partial charge in [-0.2, -0.15) is 5.10 Å². The average Bonchev–Trinajstić information content (AvgIpc) is 3.12. The zero-order chi connectivity index (χ0) is 21.5. The fraction of sp³-hybridized carbons (Fsp3) is 0.227. The normalized spacial score (nSPS) is 10.5. The van der Waals surface area contributed by atoms with Crippen molar-refractivity contribution in [1.29, 1.82) is 0 Å². The van der Waals surface area contributed by atoms with E-state index in [9.17, 15) is 9.59 Å². The van der Waals surface area contributed by atoms with Gasteiger partial charge in [-0.15, -0.1) is 0 Å².